The van der Waals surface area contributed by atoms with Crippen molar-refractivity contribution in [2.24, 2.45) is 0 Å². The van der Waals surface area contributed by atoms with Crippen LogP contribution in [0.2, 0.25) is 10.2 Å². The highest BCUT2D eigenvalue weighted by Gasteiger charge is 2.15. The lowest BCUT2D eigenvalue weighted by Crippen LogP contribution is -2.15. The number of carbonyl (C=O) groups is 1. The molecule has 2 rings (SSSR count). The Hall–Kier alpha value is -1.59. The standard InChI is InChI=1S/C11H10Cl2N4O/c1-2-6-5-14-17-10(6)16-11(18)9-7(12)3-4-8(13)15-9/h3-5H,2H2,1H3,(H2,14,16,17,18). The summed E-state index contributed by atoms with van der Waals surface area (Å²) in [5, 5.41) is 9.69. The summed E-state index contributed by atoms with van der Waals surface area (Å²) in [6, 6.07) is 3.05. The summed E-state index contributed by atoms with van der Waals surface area (Å²) in [6.45, 7) is 1.96. The maximum absolute atomic E-state index is 12.0. The second-order valence-electron chi connectivity index (χ2n) is 3.54. The van der Waals surface area contributed by atoms with E-state index >= 15 is 0 Å². The lowest BCUT2D eigenvalue weighted by Gasteiger charge is -2.05. The second-order valence-corrected chi connectivity index (χ2v) is 4.34. The fraction of sp³-hybridized carbons (Fsp3) is 0.182. The lowest BCUT2D eigenvalue weighted by molar-refractivity contribution is 0.102. The van der Waals surface area contributed by atoms with Crippen molar-refractivity contribution in [1.82, 2.24) is 15.2 Å². The van der Waals surface area contributed by atoms with Crippen molar-refractivity contribution in [3.05, 3.63) is 39.8 Å². The van der Waals surface area contributed by atoms with E-state index in [-0.39, 0.29) is 15.9 Å². The van der Waals surface area contributed by atoms with E-state index in [0.29, 0.717) is 5.82 Å². The molecule has 0 bridgehead atoms. The molecule has 0 unspecified atom stereocenters. The van der Waals surface area contributed by atoms with Gasteiger partial charge in [0.1, 0.15) is 16.7 Å². The number of hydrogen-bond acceptors (Lipinski definition) is 3. The van der Waals surface area contributed by atoms with Crippen LogP contribution in [0.5, 0.6) is 0 Å². The van der Waals surface area contributed by atoms with Crippen LogP contribution in [0, 0.1) is 0 Å². The third-order valence-electron chi connectivity index (χ3n) is 2.36. The molecule has 0 saturated carbocycles. The first-order chi connectivity index (χ1) is 8.61. The number of aromatic nitrogens is 3. The molecule has 0 aliphatic heterocycles. The number of aryl methyl sites for hydroxylation is 1. The van der Waals surface area contributed by atoms with Gasteiger partial charge in [-0.3, -0.25) is 9.89 Å². The van der Waals surface area contributed by atoms with Gasteiger partial charge in [-0.2, -0.15) is 5.10 Å². The van der Waals surface area contributed by atoms with Gasteiger partial charge >= 0.3 is 0 Å². The molecule has 2 N–H and O–H groups in total. The Labute approximate surface area is 114 Å². The monoisotopic (exact) mass is 284 g/mol. The molecular formula is C11H10Cl2N4O. The van der Waals surface area contributed by atoms with Crippen LogP contribution < -0.4 is 5.32 Å². The minimum atomic E-state index is -0.429. The van der Waals surface area contributed by atoms with Crippen molar-refractivity contribution >= 4 is 34.9 Å². The van der Waals surface area contributed by atoms with Gasteiger partial charge in [0.2, 0.25) is 0 Å². The van der Waals surface area contributed by atoms with E-state index in [1.807, 2.05) is 6.92 Å². The van der Waals surface area contributed by atoms with Gasteiger partial charge in [0.15, 0.2) is 0 Å². The van der Waals surface area contributed by atoms with Crippen molar-refractivity contribution in [3.63, 3.8) is 0 Å². The molecule has 0 fully saturated rings. The summed E-state index contributed by atoms with van der Waals surface area (Å²) >= 11 is 11.6. The van der Waals surface area contributed by atoms with E-state index in [0.717, 1.165) is 12.0 Å². The highest BCUT2D eigenvalue weighted by Crippen LogP contribution is 2.19. The Morgan fingerprint density at radius 2 is 2.22 bits per heavy atom. The van der Waals surface area contributed by atoms with Crippen LogP contribution in [0.15, 0.2) is 18.3 Å². The second kappa shape index (κ2) is 5.37. The van der Waals surface area contributed by atoms with Crippen LogP contribution in [-0.4, -0.2) is 21.1 Å². The van der Waals surface area contributed by atoms with Gasteiger partial charge < -0.3 is 5.32 Å². The highest BCUT2D eigenvalue weighted by atomic mass is 35.5. The highest BCUT2D eigenvalue weighted by molar-refractivity contribution is 6.35. The fourth-order valence-electron chi connectivity index (χ4n) is 1.44. The number of H-pyrrole nitrogens is 1. The Kier molecular flexibility index (Phi) is 3.84. The number of amides is 1. The molecule has 2 heterocycles. The van der Waals surface area contributed by atoms with Crippen LogP contribution in [0.4, 0.5) is 5.82 Å². The third-order valence-corrected chi connectivity index (χ3v) is 2.88. The third kappa shape index (κ3) is 2.63. The zero-order valence-electron chi connectivity index (χ0n) is 9.50. The normalized spacial score (nSPS) is 10.4. The van der Waals surface area contributed by atoms with E-state index in [9.17, 15) is 4.79 Å². The summed E-state index contributed by atoms with van der Waals surface area (Å²) < 4.78 is 0. The van der Waals surface area contributed by atoms with Crippen molar-refractivity contribution in [2.45, 2.75) is 13.3 Å². The van der Waals surface area contributed by atoms with Crippen molar-refractivity contribution < 1.29 is 4.79 Å². The fourth-order valence-corrected chi connectivity index (χ4v) is 1.78. The van der Waals surface area contributed by atoms with E-state index in [2.05, 4.69) is 20.5 Å². The number of anilines is 1. The molecule has 2 aromatic rings. The first kappa shape index (κ1) is 12.9. The van der Waals surface area contributed by atoms with Crippen LogP contribution in [0.1, 0.15) is 23.0 Å². The zero-order chi connectivity index (χ0) is 13.1. The van der Waals surface area contributed by atoms with Gasteiger partial charge in [0.25, 0.3) is 5.91 Å². The predicted octanol–water partition coefficient (Wildman–Crippen LogP) is 2.93. The summed E-state index contributed by atoms with van der Waals surface area (Å²) in [4.78, 5) is 15.9. The molecule has 5 nitrogen and oxygen atoms in total. The summed E-state index contributed by atoms with van der Waals surface area (Å²) in [5.41, 5.74) is 0.988. The lowest BCUT2D eigenvalue weighted by atomic mass is 10.2. The zero-order valence-corrected chi connectivity index (χ0v) is 11.0. The number of pyridine rings is 1. The van der Waals surface area contributed by atoms with Gasteiger partial charge in [-0.15, -0.1) is 0 Å². The number of nitrogens with zero attached hydrogens (tertiary/aromatic N) is 2. The van der Waals surface area contributed by atoms with Crippen LogP contribution in [0.25, 0.3) is 0 Å². The summed E-state index contributed by atoms with van der Waals surface area (Å²) in [7, 11) is 0. The minimum Gasteiger partial charge on any atom is -0.305 e. The Balaban J connectivity index is 2.25. The first-order valence-corrected chi connectivity index (χ1v) is 6.03. The van der Waals surface area contributed by atoms with E-state index in [1.165, 1.54) is 12.1 Å². The quantitative estimate of drug-likeness (QED) is 0.852. The Morgan fingerprint density at radius 3 is 2.94 bits per heavy atom. The first-order valence-electron chi connectivity index (χ1n) is 5.27. The van der Waals surface area contributed by atoms with E-state index in [4.69, 9.17) is 23.2 Å². The van der Waals surface area contributed by atoms with Crippen molar-refractivity contribution in [2.75, 3.05) is 5.32 Å². The van der Waals surface area contributed by atoms with E-state index < -0.39 is 5.91 Å². The van der Waals surface area contributed by atoms with Crippen molar-refractivity contribution in [3.8, 4) is 0 Å². The predicted molar refractivity (Wildman–Crippen MR) is 70.2 cm³/mol. The number of hydrogen-bond donors (Lipinski definition) is 2. The minimum absolute atomic E-state index is 0.0841. The number of aromatic amines is 1. The number of carbonyl (C=O) groups excluding carboxylic acids is 1. The number of rotatable bonds is 3. The Bertz CT molecular complexity index is 582. The SMILES string of the molecule is CCc1cn[nH]c1NC(=O)c1nc(Cl)ccc1Cl. The molecule has 0 radical (unpaired) electrons. The smallest absolute Gasteiger partial charge is 0.277 e. The van der Waals surface area contributed by atoms with Gasteiger partial charge in [0, 0.05) is 5.56 Å². The molecule has 18 heavy (non-hydrogen) atoms. The summed E-state index contributed by atoms with van der Waals surface area (Å²) in [5.74, 6) is 0.113. The Morgan fingerprint density at radius 1 is 1.44 bits per heavy atom. The van der Waals surface area contributed by atoms with E-state index in [1.54, 1.807) is 6.20 Å². The van der Waals surface area contributed by atoms with Crippen molar-refractivity contribution in [1.29, 1.82) is 0 Å². The molecule has 1 amide bonds. The maximum Gasteiger partial charge on any atom is 0.277 e. The molecule has 0 aromatic carbocycles. The topological polar surface area (TPSA) is 70.7 Å². The molecule has 2 aromatic heterocycles. The molecular weight excluding hydrogens is 275 g/mol. The molecule has 0 aliphatic carbocycles. The van der Waals surface area contributed by atoms with Gasteiger partial charge in [-0.25, -0.2) is 4.98 Å². The molecule has 0 saturated heterocycles. The maximum atomic E-state index is 12.0. The molecule has 7 heteroatoms. The van der Waals surface area contributed by atoms with Gasteiger partial charge in [-0.05, 0) is 18.6 Å². The summed E-state index contributed by atoms with van der Waals surface area (Å²) in [6.07, 6.45) is 2.41. The number of halogens is 2. The molecule has 0 aliphatic rings. The van der Waals surface area contributed by atoms with Crippen LogP contribution >= 0.6 is 23.2 Å². The van der Waals surface area contributed by atoms with Gasteiger partial charge in [-0.1, -0.05) is 30.1 Å². The number of nitrogens with one attached hydrogen (secondary N) is 2. The van der Waals surface area contributed by atoms with Crippen LogP contribution in [-0.2, 0) is 6.42 Å². The molecule has 0 spiro atoms. The van der Waals surface area contributed by atoms with Crippen LogP contribution in [0.3, 0.4) is 0 Å². The molecule has 94 valence electrons. The van der Waals surface area contributed by atoms with Gasteiger partial charge in [0.05, 0.1) is 11.2 Å². The average molecular weight is 285 g/mol. The largest absolute Gasteiger partial charge is 0.305 e. The average Bonchev–Trinajstić information content (AvgIpc) is 2.79. The molecule has 0 atom stereocenters.